The third-order valence-electron chi connectivity index (χ3n) is 5.51. The number of nitrogens with one attached hydrogen (secondary N) is 1. The largest absolute Gasteiger partial charge is 0.348 e. The first-order valence-electron chi connectivity index (χ1n) is 8.21. The Hall–Kier alpha value is -2.14. The van der Waals surface area contributed by atoms with Crippen LogP contribution in [0.3, 0.4) is 0 Å². The van der Waals surface area contributed by atoms with Gasteiger partial charge in [-0.1, -0.05) is 18.2 Å². The van der Waals surface area contributed by atoms with Crippen molar-refractivity contribution in [3.63, 3.8) is 0 Å². The number of anilines is 1. The van der Waals surface area contributed by atoms with E-state index in [9.17, 15) is 4.79 Å². The summed E-state index contributed by atoms with van der Waals surface area (Å²) in [7, 11) is 1.90. The van der Waals surface area contributed by atoms with Crippen LogP contribution in [0.4, 0.5) is 5.69 Å². The molecule has 0 bridgehead atoms. The fourth-order valence-corrected chi connectivity index (χ4v) is 4.05. The molecule has 120 valence electrons. The van der Waals surface area contributed by atoms with E-state index in [1.54, 1.807) is 6.33 Å². The molecule has 2 aromatic rings. The highest BCUT2D eigenvalue weighted by Crippen LogP contribution is 2.47. The lowest BCUT2D eigenvalue weighted by molar-refractivity contribution is -0.124. The van der Waals surface area contributed by atoms with Gasteiger partial charge in [-0.2, -0.15) is 0 Å². The number of likely N-dealkylation sites (N-methyl/N-ethyl adjacent to an activating group) is 1. The highest BCUT2D eigenvalue weighted by Gasteiger charge is 2.50. The molecule has 0 aliphatic carbocycles. The monoisotopic (exact) mass is 310 g/mol. The van der Waals surface area contributed by atoms with Crippen LogP contribution < -0.4 is 4.90 Å². The van der Waals surface area contributed by atoms with Gasteiger partial charge in [0.1, 0.15) is 0 Å². The second kappa shape index (κ2) is 5.20. The molecule has 1 aromatic carbocycles. The quantitative estimate of drug-likeness (QED) is 0.925. The molecule has 1 spiro atoms. The zero-order valence-corrected chi connectivity index (χ0v) is 13.7. The summed E-state index contributed by atoms with van der Waals surface area (Å²) in [6.07, 6.45) is 3.52. The van der Waals surface area contributed by atoms with E-state index in [0.717, 1.165) is 49.6 Å². The first kappa shape index (κ1) is 14.5. The standard InChI is InChI=1S/C18H22N4O/c1-13-15(20-12-19-13)11-22-9-7-18(8-10-22)14-5-3-4-6-16(14)21(2)17(18)23/h3-6,12H,7-11H2,1-2H3,(H,19,20). The summed E-state index contributed by atoms with van der Waals surface area (Å²) < 4.78 is 0. The third kappa shape index (κ3) is 2.10. The van der Waals surface area contributed by atoms with Gasteiger partial charge in [-0.25, -0.2) is 4.98 Å². The average molecular weight is 310 g/mol. The summed E-state index contributed by atoms with van der Waals surface area (Å²) in [5, 5.41) is 0. The zero-order valence-electron chi connectivity index (χ0n) is 13.7. The summed E-state index contributed by atoms with van der Waals surface area (Å²) in [6.45, 7) is 4.77. The van der Waals surface area contributed by atoms with E-state index in [0.29, 0.717) is 0 Å². The minimum absolute atomic E-state index is 0.259. The first-order valence-corrected chi connectivity index (χ1v) is 8.21. The molecule has 0 saturated carbocycles. The van der Waals surface area contributed by atoms with Crippen molar-refractivity contribution in [3.8, 4) is 0 Å². The number of aromatic nitrogens is 2. The molecule has 3 heterocycles. The summed E-state index contributed by atoms with van der Waals surface area (Å²) in [5.41, 5.74) is 4.21. The number of H-pyrrole nitrogens is 1. The van der Waals surface area contributed by atoms with Crippen molar-refractivity contribution in [2.75, 3.05) is 25.0 Å². The Morgan fingerprint density at radius 1 is 1.26 bits per heavy atom. The Morgan fingerprint density at radius 3 is 2.70 bits per heavy atom. The van der Waals surface area contributed by atoms with Gasteiger partial charge in [0.25, 0.3) is 0 Å². The van der Waals surface area contributed by atoms with Gasteiger partial charge in [0.2, 0.25) is 5.91 Å². The zero-order chi connectivity index (χ0) is 16.0. The van der Waals surface area contributed by atoms with E-state index < -0.39 is 0 Å². The molecular formula is C18H22N4O. The van der Waals surface area contributed by atoms with Gasteiger partial charge in [0.15, 0.2) is 0 Å². The lowest BCUT2D eigenvalue weighted by atomic mass is 9.73. The van der Waals surface area contributed by atoms with Gasteiger partial charge >= 0.3 is 0 Å². The normalized spacial score (nSPS) is 20.3. The van der Waals surface area contributed by atoms with Crippen molar-refractivity contribution >= 4 is 11.6 Å². The molecule has 1 N–H and O–H groups in total. The van der Waals surface area contributed by atoms with Gasteiger partial charge in [-0.05, 0) is 44.5 Å². The molecule has 4 rings (SSSR count). The molecule has 1 amide bonds. The minimum Gasteiger partial charge on any atom is -0.348 e. The minimum atomic E-state index is -0.317. The number of imidazole rings is 1. The van der Waals surface area contributed by atoms with Crippen molar-refractivity contribution in [2.24, 2.45) is 0 Å². The Morgan fingerprint density at radius 2 is 2.00 bits per heavy atom. The van der Waals surface area contributed by atoms with Crippen LogP contribution >= 0.6 is 0 Å². The molecule has 2 aliphatic rings. The predicted molar refractivity (Wildman–Crippen MR) is 89.4 cm³/mol. The number of nitrogens with zero attached hydrogens (tertiary/aromatic N) is 3. The number of benzene rings is 1. The van der Waals surface area contributed by atoms with Crippen LogP contribution in [0.1, 0.15) is 29.8 Å². The number of hydrogen-bond donors (Lipinski definition) is 1. The average Bonchev–Trinajstić information content (AvgIpc) is 3.07. The lowest BCUT2D eigenvalue weighted by Crippen LogP contribution is -2.47. The van der Waals surface area contributed by atoms with Crippen LogP contribution in [0.5, 0.6) is 0 Å². The molecule has 1 fully saturated rings. The van der Waals surface area contributed by atoms with Crippen LogP contribution in [-0.4, -0.2) is 40.9 Å². The molecule has 1 saturated heterocycles. The molecule has 0 atom stereocenters. The number of fused-ring (bicyclic) bond motifs is 2. The maximum absolute atomic E-state index is 12.9. The first-order chi connectivity index (χ1) is 11.1. The van der Waals surface area contributed by atoms with E-state index in [-0.39, 0.29) is 11.3 Å². The van der Waals surface area contributed by atoms with Crippen LogP contribution in [0.25, 0.3) is 0 Å². The van der Waals surface area contributed by atoms with Crippen molar-refractivity contribution in [3.05, 3.63) is 47.5 Å². The SMILES string of the molecule is Cc1[nH]cnc1CN1CCC2(CC1)C(=O)N(C)c1ccccc12. The molecule has 2 aliphatic heterocycles. The van der Waals surface area contributed by atoms with E-state index in [4.69, 9.17) is 0 Å². The van der Waals surface area contributed by atoms with Crippen molar-refractivity contribution in [2.45, 2.75) is 31.7 Å². The Bertz CT molecular complexity index is 743. The Balaban J connectivity index is 1.55. The molecule has 1 aromatic heterocycles. The van der Waals surface area contributed by atoms with Crippen LogP contribution in [-0.2, 0) is 16.8 Å². The van der Waals surface area contributed by atoms with E-state index in [2.05, 4.69) is 33.9 Å². The number of hydrogen-bond acceptors (Lipinski definition) is 3. The molecule has 5 heteroatoms. The second-order valence-electron chi connectivity index (χ2n) is 6.71. The van der Waals surface area contributed by atoms with Crippen molar-refractivity contribution in [1.82, 2.24) is 14.9 Å². The van der Waals surface area contributed by atoms with Crippen molar-refractivity contribution in [1.29, 1.82) is 0 Å². The highest BCUT2D eigenvalue weighted by molar-refractivity contribution is 6.07. The Labute approximate surface area is 136 Å². The third-order valence-corrected chi connectivity index (χ3v) is 5.51. The van der Waals surface area contributed by atoms with Crippen molar-refractivity contribution < 1.29 is 4.79 Å². The topological polar surface area (TPSA) is 52.2 Å². The summed E-state index contributed by atoms with van der Waals surface area (Å²) >= 11 is 0. The Kier molecular flexibility index (Phi) is 3.27. The lowest BCUT2D eigenvalue weighted by Gasteiger charge is -2.38. The fraction of sp³-hybridized carbons (Fsp3) is 0.444. The van der Waals surface area contributed by atoms with Gasteiger partial charge in [0, 0.05) is 25.0 Å². The van der Waals surface area contributed by atoms with E-state index in [1.165, 1.54) is 5.56 Å². The number of amides is 1. The number of carbonyl (C=O) groups is 1. The van der Waals surface area contributed by atoms with Crippen LogP contribution in [0.2, 0.25) is 0 Å². The molecule has 0 radical (unpaired) electrons. The number of likely N-dealkylation sites (tertiary alicyclic amines) is 1. The van der Waals surface area contributed by atoms with Gasteiger partial charge in [-0.3, -0.25) is 9.69 Å². The number of aromatic amines is 1. The van der Waals surface area contributed by atoms with E-state index in [1.807, 2.05) is 24.1 Å². The van der Waals surface area contributed by atoms with Gasteiger partial charge in [-0.15, -0.1) is 0 Å². The van der Waals surface area contributed by atoms with Gasteiger partial charge in [0.05, 0.1) is 17.4 Å². The molecule has 23 heavy (non-hydrogen) atoms. The van der Waals surface area contributed by atoms with E-state index >= 15 is 0 Å². The maximum atomic E-state index is 12.9. The van der Waals surface area contributed by atoms with Crippen LogP contribution in [0, 0.1) is 6.92 Å². The number of para-hydroxylation sites is 1. The van der Waals surface area contributed by atoms with Gasteiger partial charge < -0.3 is 9.88 Å². The number of carbonyl (C=O) groups excluding carboxylic acids is 1. The number of piperidine rings is 1. The molecule has 0 unspecified atom stereocenters. The smallest absolute Gasteiger partial charge is 0.237 e. The predicted octanol–water partition coefficient (Wildman–Crippen LogP) is 2.23. The number of aryl methyl sites for hydroxylation is 1. The summed E-state index contributed by atoms with van der Waals surface area (Å²) in [4.78, 5) is 24.7. The molecule has 5 nitrogen and oxygen atoms in total. The maximum Gasteiger partial charge on any atom is 0.237 e. The number of rotatable bonds is 2. The fourth-order valence-electron chi connectivity index (χ4n) is 4.05. The second-order valence-corrected chi connectivity index (χ2v) is 6.71. The highest BCUT2D eigenvalue weighted by atomic mass is 16.2. The van der Waals surface area contributed by atoms with Crippen LogP contribution in [0.15, 0.2) is 30.6 Å². The summed E-state index contributed by atoms with van der Waals surface area (Å²) in [6, 6.07) is 8.25. The molecular weight excluding hydrogens is 288 g/mol. The summed E-state index contributed by atoms with van der Waals surface area (Å²) in [5.74, 6) is 0.259.